The third-order valence-corrected chi connectivity index (χ3v) is 4.26. The maximum Gasteiger partial charge on any atom is 0.0964 e. The Morgan fingerprint density at radius 3 is 2.44 bits per heavy atom. The molecular weight excluding hydrogens is 319 g/mol. The van der Waals surface area contributed by atoms with Crippen LogP contribution in [-0.4, -0.2) is 29.7 Å². The van der Waals surface area contributed by atoms with Gasteiger partial charge in [0, 0.05) is 19.2 Å². The molecule has 5 nitrogen and oxygen atoms in total. The lowest BCUT2D eigenvalue weighted by Gasteiger charge is -2.21. The van der Waals surface area contributed by atoms with Crippen LogP contribution >= 0.6 is 0 Å². The van der Waals surface area contributed by atoms with Crippen LogP contribution in [0.2, 0.25) is 0 Å². The molecule has 25 heavy (non-hydrogen) atoms. The summed E-state index contributed by atoms with van der Waals surface area (Å²) in [5.74, 6) is 10.7. The van der Waals surface area contributed by atoms with E-state index in [1.54, 1.807) is 12.1 Å². The van der Waals surface area contributed by atoms with E-state index in [0.717, 1.165) is 17.5 Å². The molecule has 0 aromatic heterocycles. The molecule has 1 aliphatic carbocycles. The van der Waals surface area contributed by atoms with Crippen molar-refractivity contribution in [1.29, 1.82) is 0 Å². The fourth-order valence-electron chi connectivity index (χ4n) is 2.89. The zero-order valence-electron chi connectivity index (χ0n) is 14.3. The van der Waals surface area contributed by atoms with Crippen LogP contribution in [0.5, 0.6) is 0 Å². The van der Waals surface area contributed by atoms with Crippen molar-refractivity contribution in [2.24, 2.45) is 11.7 Å². The Morgan fingerprint density at radius 1 is 1.24 bits per heavy atom. The average molecular weight is 344 g/mol. The Bertz CT molecular complexity index is 691. The second-order valence-electron chi connectivity index (χ2n) is 5.96. The topological polar surface area (TPSA) is 87.5 Å². The Balaban J connectivity index is 0.000000181. The van der Waals surface area contributed by atoms with Gasteiger partial charge in [0.25, 0.3) is 0 Å². The molecule has 0 saturated heterocycles. The molecule has 2 atom stereocenters. The molecule has 0 unspecified atom stereocenters. The molecule has 0 saturated carbocycles. The van der Waals surface area contributed by atoms with Gasteiger partial charge < -0.3 is 5.11 Å². The smallest absolute Gasteiger partial charge is 0.0964 e. The van der Waals surface area contributed by atoms with E-state index < -0.39 is 6.10 Å². The predicted octanol–water partition coefficient (Wildman–Crippen LogP) is 1.91. The zero-order valence-corrected chi connectivity index (χ0v) is 14.3. The molecular formula is C19H25FN4O. The molecule has 0 fully saturated rings. The van der Waals surface area contributed by atoms with E-state index in [-0.39, 0.29) is 6.04 Å². The van der Waals surface area contributed by atoms with Gasteiger partial charge in [0.2, 0.25) is 0 Å². The number of aliphatic hydroxyl groups excluding tert-OH is 1. The third-order valence-electron chi connectivity index (χ3n) is 4.26. The monoisotopic (exact) mass is 344 g/mol. The molecule has 0 amide bonds. The van der Waals surface area contributed by atoms with Gasteiger partial charge in [-0.1, -0.05) is 54.6 Å². The van der Waals surface area contributed by atoms with Gasteiger partial charge in [-0.15, -0.1) is 0 Å². The maximum absolute atomic E-state index is 12.3. The van der Waals surface area contributed by atoms with Crippen molar-refractivity contribution < 1.29 is 9.50 Å². The summed E-state index contributed by atoms with van der Waals surface area (Å²) in [4.78, 5) is 0. The first-order valence-electron chi connectivity index (χ1n) is 8.10. The van der Waals surface area contributed by atoms with E-state index in [1.807, 2.05) is 54.6 Å². The molecule has 6 heteroatoms. The van der Waals surface area contributed by atoms with Gasteiger partial charge in [-0.2, -0.15) is 0 Å². The molecule has 6 N–H and O–H groups in total. The Labute approximate surface area is 147 Å². The van der Waals surface area contributed by atoms with Gasteiger partial charge in [0.05, 0.1) is 18.5 Å². The largest absolute Gasteiger partial charge is 0.387 e. The molecule has 134 valence electrons. The van der Waals surface area contributed by atoms with E-state index >= 15 is 0 Å². The van der Waals surface area contributed by atoms with Gasteiger partial charge in [-0.3, -0.25) is 17.1 Å². The average Bonchev–Trinajstić information content (AvgIpc) is 2.98. The first-order chi connectivity index (χ1) is 12.1. The summed E-state index contributed by atoms with van der Waals surface area (Å²) in [7, 11) is 1.79. The number of likely N-dealkylation sites (N-methyl/N-ethyl adjacent to an activating group) is 1. The van der Waals surface area contributed by atoms with Crippen LogP contribution in [0.25, 0.3) is 5.57 Å². The summed E-state index contributed by atoms with van der Waals surface area (Å²) < 4.78 is 12.3. The first-order valence-corrected chi connectivity index (χ1v) is 8.10. The zero-order chi connectivity index (χ0) is 18.2. The summed E-state index contributed by atoms with van der Waals surface area (Å²) in [6.45, 7) is 0.334. The molecule has 2 aromatic carbocycles. The van der Waals surface area contributed by atoms with Crippen molar-refractivity contribution in [2.75, 3.05) is 13.6 Å². The second-order valence-corrected chi connectivity index (χ2v) is 5.96. The number of hydrogen-bond donors (Lipinski definition) is 4. The summed E-state index contributed by atoms with van der Waals surface area (Å²) in [6, 6.07) is 17.2. The standard InChI is InChI=1S/C10H14N2O.C9H11FN2/c1-12(11)9-6-7-4-2-3-5-8(7)10(9)13;10-6-9(7-12-11)8-4-2-1-3-5-8/h2-5,9-10,13H,6,11H2,1H3;1-6,12H,7,11H2/b;9-6-/t9-,10-;/m0./s1. The van der Waals surface area contributed by atoms with Crippen LogP contribution in [0, 0.1) is 0 Å². The Hall–Kier alpha value is -2.09. The number of halogens is 1. The minimum absolute atomic E-state index is 0.0254. The van der Waals surface area contributed by atoms with Gasteiger partial charge in [-0.25, -0.2) is 9.40 Å². The molecule has 0 spiro atoms. The number of benzene rings is 2. The second kappa shape index (κ2) is 9.41. The number of hydrazine groups is 2. The van der Waals surface area contributed by atoms with Gasteiger partial charge >= 0.3 is 0 Å². The van der Waals surface area contributed by atoms with E-state index in [2.05, 4.69) is 5.43 Å². The number of nitrogens with two attached hydrogens (primary N) is 2. The lowest BCUT2D eigenvalue weighted by molar-refractivity contribution is 0.0764. The van der Waals surface area contributed by atoms with Crippen molar-refractivity contribution in [3.8, 4) is 0 Å². The van der Waals surface area contributed by atoms with Crippen molar-refractivity contribution in [3.05, 3.63) is 77.6 Å². The number of aliphatic hydroxyl groups is 1. The SMILES string of the molecule is CN(N)[C@H]1Cc2ccccc2[C@@H]1O.NNC/C(=C/F)c1ccccc1. The highest BCUT2D eigenvalue weighted by Crippen LogP contribution is 2.32. The molecule has 0 bridgehead atoms. The summed E-state index contributed by atoms with van der Waals surface area (Å²) in [5, 5.41) is 11.5. The number of rotatable bonds is 4. The van der Waals surface area contributed by atoms with Crippen molar-refractivity contribution in [1.82, 2.24) is 10.4 Å². The number of fused-ring (bicyclic) bond motifs is 1. The van der Waals surface area contributed by atoms with E-state index in [4.69, 9.17) is 11.7 Å². The van der Waals surface area contributed by atoms with Crippen molar-refractivity contribution in [2.45, 2.75) is 18.6 Å². The van der Waals surface area contributed by atoms with Crippen LogP contribution in [0.1, 0.15) is 22.8 Å². The molecule has 1 aliphatic rings. The van der Waals surface area contributed by atoms with Crippen LogP contribution in [0.3, 0.4) is 0 Å². The van der Waals surface area contributed by atoms with Crippen molar-refractivity contribution >= 4 is 5.57 Å². The van der Waals surface area contributed by atoms with Gasteiger partial charge in [0.1, 0.15) is 0 Å². The molecule has 0 aliphatic heterocycles. The predicted molar refractivity (Wildman–Crippen MR) is 98.6 cm³/mol. The van der Waals surface area contributed by atoms with Crippen LogP contribution in [-0.2, 0) is 6.42 Å². The maximum atomic E-state index is 12.3. The Kier molecular flexibility index (Phi) is 7.24. The molecule has 2 aromatic rings. The van der Waals surface area contributed by atoms with Crippen molar-refractivity contribution in [3.63, 3.8) is 0 Å². The van der Waals surface area contributed by atoms with Crippen LogP contribution in [0.4, 0.5) is 4.39 Å². The highest BCUT2D eigenvalue weighted by atomic mass is 19.1. The highest BCUT2D eigenvalue weighted by molar-refractivity contribution is 5.65. The van der Waals surface area contributed by atoms with E-state index in [1.165, 1.54) is 5.56 Å². The summed E-state index contributed by atoms with van der Waals surface area (Å²) in [5.41, 5.74) is 6.03. The lowest BCUT2D eigenvalue weighted by atomic mass is 10.1. The third kappa shape index (κ3) is 4.94. The normalized spacial score (nSPS) is 19.4. The molecule has 0 radical (unpaired) electrons. The molecule has 3 rings (SSSR count). The number of hydrogen-bond acceptors (Lipinski definition) is 5. The summed E-state index contributed by atoms with van der Waals surface area (Å²) >= 11 is 0. The summed E-state index contributed by atoms with van der Waals surface area (Å²) in [6.07, 6.45) is 0.964. The van der Waals surface area contributed by atoms with Gasteiger partial charge in [-0.05, 0) is 23.1 Å². The molecule has 0 heterocycles. The minimum atomic E-state index is -0.439. The van der Waals surface area contributed by atoms with Crippen LogP contribution in [0.15, 0.2) is 60.9 Å². The lowest BCUT2D eigenvalue weighted by Crippen LogP contribution is -2.40. The minimum Gasteiger partial charge on any atom is -0.387 e. The fourth-order valence-corrected chi connectivity index (χ4v) is 2.89. The number of nitrogens with one attached hydrogen (secondary N) is 1. The van der Waals surface area contributed by atoms with Crippen LogP contribution < -0.4 is 17.1 Å². The van der Waals surface area contributed by atoms with E-state index in [9.17, 15) is 9.50 Å². The Morgan fingerprint density at radius 2 is 1.88 bits per heavy atom. The highest BCUT2D eigenvalue weighted by Gasteiger charge is 2.32. The quantitative estimate of drug-likeness (QED) is 0.503. The fraction of sp³-hybridized carbons (Fsp3) is 0.263. The number of nitrogens with zero attached hydrogens (tertiary/aromatic N) is 1. The first kappa shape index (κ1) is 19.2. The van der Waals surface area contributed by atoms with Gasteiger partial charge in [0.15, 0.2) is 0 Å². The van der Waals surface area contributed by atoms with E-state index in [0.29, 0.717) is 18.4 Å².